The minimum atomic E-state index is -0.419. The Morgan fingerprint density at radius 3 is 2.41 bits per heavy atom. The largest absolute Gasteiger partial charge is 0.383 e. The fraction of sp³-hybridized carbons (Fsp3) is 0.250. The standard InChI is InChI=1S/C24H25N7O2.ClH/c1-16-22(17-6-8-19(9-7-17)31(32)33)23(25)30-24(27-16)21(15-26-30)18-4-3-5-20(14-18)29-12-10-28(2)11-13-29;/h3-9,14-15H,10-13,25H2,1-2H3;1H. The third-order valence-corrected chi connectivity index (χ3v) is 6.26. The number of rotatable bonds is 4. The highest BCUT2D eigenvalue weighted by Crippen LogP contribution is 2.34. The molecule has 0 bridgehead atoms. The van der Waals surface area contributed by atoms with E-state index < -0.39 is 4.92 Å². The SMILES string of the molecule is Cc1nc2c(-c3cccc(N4CCN(C)CC4)c3)cnn2c(N)c1-c1ccc([N+](=O)[O-])cc1.Cl. The molecule has 1 saturated heterocycles. The van der Waals surface area contributed by atoms with Crippen LogP contribution in [0.5, 0.6) is 0 Å². The maximum Gasteiger partial charge on any atom is 0.269 e. The number of aryl methyl sites for hydroxylation is 1. The summed E-state index contributed by atoms with van der Waals surface area (Å²) in [5.74, 6) is 0.452. The Kier molecular flexibility index (Phi) is 6.41. The van der Waals surface area contributed by atoms with Crippen molar-refractivity contribution in [2.75, 3.05) is 43.9 Å². The van der Waals surface area contributed by atoms with Crippen molar-refractivity contribution in [3.8, 4) is 22.3 Å². The lowest BCUT2D eigenvalue weighted by Gasteiger charge is -2.34. The van der Waals surface area contributed by atoms with Crippen LogP contribution < -0.4 is 10.6 Å². The van der Waals surface area contributed by atoms with Crippen molar-refractivity contribution < 1.29 is 4.92 Å². The number of halogens is 1. The number of nitrogens with zero attached hydrogens (tertiary/aromatic N) is 6. The first-order chi connectivity index (χ1) is 15.9. The molecular weight excluding hydrogens is 454 g/mol. The maximum atomic E-state index is 11.0. The third kappa shape index (κ3) is 4.15. The van der Waals surface area contributed by atoms with Gasteiger partial charge in [0, 0.05) is 55.1 Å². The van der Waals surface area contributed by atoms with Gasteiger partial charge in [-0.2, -0.15) is 9.61 Å². The van der Waals surface area contributed by atoms with E-state index in [1.165, 1.54) is 17.8 Å². The van der Waals surface area contributed by atoms with E-state index in [9.17, 15) is 10.1 Å². The summed E-state index contributed by atoms with van der Waals surface area (Å²) in [5, 5.41) is 15.5. The Morgan fingerprint density at radius 1 is 1.03 bits per heavy atom. The maximum absolute atomic E-state index is 11.0. The molecule has 0 spiro atoms. The van der Waals surface area contributed by atoms with Gasteiger partial charge in [0.2, 0.25) is 0 Å². The fourth-order valence-electron chi connectivity index (χ4n) is 4.38. The number of benzene rings is 2. The number of hydrogen-bond acceptors (Lipinski definition) is 7. The summed E-state index contributed by atoms with van der Waals surface area (Å²) in [6.45, 7) is 5.98. The summed E-state index contributed by atoms with van der Waals surface area (Å²) in [5.41, 5.74) is 12.6. The first-order valence-electron chi connectivity index (χ1n) is 10.8. The van der Waals surface area contributed by atoms with E-state index in [0.717, 1.165) is 54.1 Å². The topological polar surface area (TPSA) is 106 Å². The van der Waals surface area contributed by atoms with Crippen LogP contribution in [0.15, 0.2) is 54.7 Å². The van der Waals surface area contributed by atoms with Crippen LogP contribution in [0.2, 0.25) is 0 Å². The molecule has 0 atom stereocenters. The van der Waals surface area contributed by atoms with Gasteiger partial charge in [-0.3, -0.25) is 10.1 Å². The van der Waals surface area contributed by atoms with Gasteiger partial charge in [0.05, 0.1) is 16.8 Å². The first kappa shape index (κ1) is 23.5. The first-order valence-corrected chi connectivity index (χ1v) is 10.8. The highest BCUT2D eigenvalue weighted by Gasteiger charge is 2.19. The van der Waals surface area contributed by atoms with E-state index in [1.807, 2.05) is 6.92 Å². The monoisotopic (exact) mass is 479 g/mol. The molecule has 34 heavy (non-hydrogen) atoms. The minimum absolute atomic E-state index is 0. The Labute approximate surface area is 203 Å². The molecule has 1 aliphatic heterocycles. The van der Waals surface area contributed by atoms with Crippen molar-refractivity contribution in [2.24, 2.45) is 0 Å². The molecule has 0 aliphatic carbocycles. The number of piperazine rings is 1. The number of non-ortho nitro benzene ring substituents is 1. The van der Waals surface area contributed by atoms with Gasteiger partial charge < -0.3 is 15.5 Å². The second kappa shape index (κ2) is 9.28. The Balaban J connectivity index is 0.00000274. The Bertz CT molecular complexity index is 1350. The lowest BCUT2D eigenvalue weighted by molar-refractivity contribution is -0.384. The molecule has 3 heterocycles. The van der Waals surface area contributed by atoms with Crippen LogP contribution in [0, 0.1) is 17.0 Å². The molecule has 0 unspecified atom stereocenters. The predicted molar refractivity (Wildman–Crippen MR) is 137 cm³/mol. The van der Waals surface area contributed by atoms with Gasteiger partial charge in [-0.1, -0.05) is 12.1 Å². The van der Waals surface area contributed by atoms with Gasteiger partial charge in [0.15, 0.2) is 5.65 Å². The average Bonchev–Trinajstić information content (AvgIpc) is 3.24. The van der Waals surface area contributed by atoms with E-state index in [0.29, 0.717) is 11.5 Å². The second-order valence-electron chi connectivity index (χ2n) is 8.40. The Morgan fingerprint density at radius 2 is 1.74 bits per heavy atom. The molecule has 0 saturated carbocycles. The number of nitro groups is 1. The van der Waals surface area contributed by atoms with E-state index in [1.54, 1.807) is 22.8 Å². The van der Waals surface area contributed by atoms with Crippen molar-refractivity contribution in [1.82, 2.24) is 19.5 Å². The Hall–Kier alpha value is -3.69. The molecule has 10 heteroatoms. The van der Waals surface area contributed by atoms with Crippen LogP contribution in [0.1, 0.15) is 5.69 Å². The summed E-state index contributed by atoms with van der Waals surface area (Å²) >= 11 is 0. The summed E-state index contributed by atoms with van der Waals surface area (Å²) in [6.07, 6.45) is 1.79. The minimum Gasteiger partial charge on any atom is -0.383 e. The molecule has 9 nitrogen and oxygen atoms in total. The van der Waals surface area contributed by atoms with Gasteiger partial charge in [0.25, 0.3) is 5.69 Å². The van der Waals surface area contributed by atoms with Crippen molar-refractivity contribution >= 4 is 35.2 Å². The number of likely N-dealkylation sites (N-methyl/N-ethyl adjacent to an activating group) is 1. The average molecular weight is 480 g/mol. The molecule has 2 N–H and O–H groups in total. The van der Waals surface area contributed by atoms with Crippen molar-refractivity contribution in [1.29, 1.82) is 0 Å². The van der Waals surface area contributed by atoms with Crippen LogP contribution in [-0.2, 0) is 0 Å². The molecule has 5 rings (SSSR count). The number of hydrogen-bond donors (Lipinski definition) is 1. The molecule has 1 fully saturated rings. The third-order valence-electron chi connectivity index (χ3n) is 6.26. The van der Waals surface area contributed by atoms with Crippen molar-refractivity contribution in [2.45, 2.75) is 6.92 Å². The summed E-state index contributed by atoms with van der Waals surface area (Å²) < 4.78 is 1.64. The van der Waals surface area contributed by atoms with Crippen LogP contribution in [0.3, 0.4) is 0 Å². The zero-order valence-corrected chi connectivity index (χ0v) is 19.8. The summed E-state index contributed by atoms with van der Waals surface area (Å²) in [7, 11) is 2.15. The van der Waals surface area contributed by atoms with Crippen LogP contribution in [0.25, 0.3) is 27.9 Å². The van der Waals surface area contributed by atoms with E-state index in [4.69, 9.17) is 10.7 Å². The zero-order chi connectivity index (χ0) is 23.1. The van der Waals surface area contributed by atoms with Crippen molar-refractivity contribution in [3.05, 3.63) is 70.5 Å². The molecule has 4 aromatic rings. The van der Waals surface area contributed by atoms with Crippen LogP contribution in [0.4, 0.5) is 17.2 Å². The summed E-state index contributed by atoms with van der Waals surface area (Å²) in [6, 6.07) is 14.8. The van der Waals surface area contributed by atoms with Gasteiger partial charge in [-0.15, -0.1) is 12.4 Å². The second-order valence-corrected chi connectivity index (χ2v) is 8.40. The number of fused-ring (bicyclic) bond motifs is 1. The number of nitrogen functional groups attached to an aromatic ring is 1. The fourth-order valence-corrected chi connectivity index (χ4v) is 4.38. The van der Waals surface area contributed by atoms with E-state index >= 15 is 0 Å². The molecule has 0 radical (unpaired) electrons. The van der Waals surface area contributed by atoms with Crippen molar-refractivity contribution in [3.63, 3.8) is 0 Å². The van der Waals surface area contributed by atoms with Crippen LogP contribution >= 0.6 is 12.4 Å². The molecule has 176 valence electrons. The summed E-state index contributed by atoms with van der Waals surface area (Å²) in [4.78, 5) is 20.1. The van der Waals surface area contributed by atoms with Gasteiger partial charge in [-0.05, 0) is 49.4 Å². The predicted octanol–water partition coefficient (Wildman–Crippen LogP) is 4.04. The lowest BCUT2D eigenvalue weighted by atomic mass is 10.0. The van der Waals surface area contributed by atoms with Gasteiger partial charge >= 0.3 is 0 Å². The molecular formula is C24H26ClN7O2. The smallest absolute Gasteiger partial charge is 0.269 e. The quantitative estimate of drug-likeness (QED) is 0.348. The molecule has 0 amide bonds. The van der Waals surface area contributed by atoms with Crippen LogP contribution in [-0.4, -0.2) is 57.6 Å². The number of nitrogens with two attached hydrogens (primary N) is 1. The lowest BCUT2D eigenvalue weighted by Crippen LogP contribution is -2.44. The number of nitro benzene ring substituents is 1. The normalized spacial score (nSPS) is 14.2. The molecule has 2 aromatic heterocycles. The van der Waals surface area contributed by atoms with E-state index in [-0.39, 0.29) is 18.1 Å². The van der Waals surface area contributed by atoms with Gasteiger partial charge in [0.1, 0.15) is 5.82 Å². The highest BCUT2D eigenvalue weighted by atomic mass is 35.5. The number of aromatic nitrogens is 3. The van der Waals surface area contributed by atoms with E-state index in [2.05, 4.69) is 46.2 Å². The zero-order valence-electron chi connectivity index (χ0n) is 19.0. The molecule has 1 aliphatic rings. The molecule has 2 aromatic carbocycles. The number of anilines is 2. The van der Waals surface area contributed by atoms with Gasteiger partial charge in [-0.25, -0.2) is 4.98 Å². The highest BCUT2D eigenvalue weighted by molar-refractivity contribution is 5.85.